The predicted molar refractivity (Wildman–Crippen MR) is 62.9 cm³/mol. The third-order valence-electron chi connectivity index (χ3n) is 2.49. The SMILES string of the molecule is COc1cc([N+](=O)[O-])ccc1C(O)C(O)CC(=O)O. The first-order valence-electron chi connectivity index (χ1n) is 5.27. The lowest BCUT2D eigenvalue weighted by atomic mass is 10.0. The molecule has 0 bridgehead atoms. The van der Waals surface area contributed by atoms with Crippen molar-refractivity contribution in [3.05, 3.63) is 33.9 Å². The molecule has 1 aromatic rings. The smallest absolute Gasteiger partial charge is 0.306 e. The number of rotatable bonds is 6. The van der Waals surface area contributed by atoms with Gasteiger partial charge < -0.3 is 20.1 Å². The van der Waals surface area contributed by atoms with Crippen LogP contribution in [0.4, 0.5) is 5.69 Å². The highest BCUT2D eigenvalue weighted by atomic mass is 16.6. The Bertz CT molecular complexity index is 488. The standard InChI is InChI=1S/C11H13NO7/c1-19-9-4-6(12(17)18)2-3-7(9)11(16)8(13)5-10(14)15/h2-4,8,11,13,16H,5H2,1H3,(H,14,15). The second-order valence-corrected chi connectivity index (χ2v) is 3.79. The molecular weight excluding hydrogens is 258 g/mol. The summed E-state index contributed by atoms with van der Waals surface area (Å²) in [5.41, 5.74) is -0.151. The summed E-state index contributed by atoms with van der Waals surface area (Å²) in [5, 5.41) is 38.5. The Morgan fingerprint density at radius 1 is 1.47 bits per heavy atom. The second-order valence-electron chi connectivity index (χ2n) is 3.79. The minimum atomic E-state index is -1.53. The molecule has 8 heteroatoms. The normalized spacial score (nSPS) is 13.6. The molecule has 0 aliphatic rings. The fraction of sp³-hybridized carbons (Fsp3) is 0.364. The van der Waals surface area contributed by atoms with Crippen LogP contribution in [-0.2, 0) is 4.79 Å². The number of non-ortho nitro benzene ring substituents is 1. The molecule has 8 nitrogen and oxygen atoms in total. The molecule has 1 aromatic carbocycles. The van der Waals surface area contributed by atoms with Gasteiger partial charge >= 0.3 is 5.97 Å². The Morgan fingerprint density at radius 2 is 2.11 bits per heavy atom. The van der Waals surface area contributed by atoms with Crippen molar-refractivity contribution in [1.29, 1.82) is 0 Å². The van der Waals surface area contributed by atoms with Gasteiger partial charge in [-0.1, -0.05) is 0 Å². The Kier molecular flexibility index (Phi) is 4.79. The van der Waals surface area contributed by atoms with Crippen LogP contribution in [-0.4, -0.2) is 39.4 Å². The summed E-state index contributed by atoms with van der Waals surface area (Å²) < 4.78 is 4.89. The lowest BCUT2D eigenvalue weighted by Crippen LogP contribution is -2.22. The molecule has 0 aliphatic carbocycles. The van der Waals surface area contributed by atoms with Gasteiger partial charge in [-0.25, -0.2) is 0 Å². The van der Waals surface area contributed by atoms with E-state index in [1.165, 1.54) is 13.2 Å². The van der Waals surface area contributed by atoms with Crippen LogP contribution in [0.1, 0.15) is 18.1 Å². The van der Waals surface area contributed by atoms with Crippen molar-refractivity contribution in [3.63, 3.8) is 0 Å². The van der Waals surface area contributed by atoms with Crippen LogP contribution >= 0.6 is 0 Å². The number of nitro groups is 1. The highest BCUT2D eigenvalue weighted by Gasteiger charge is 2.25. The van der Waals surface area contributed by atoms with E-state index in [2.05, 4.69) is 0 Å². The number of benzene rings is 1. The van der Waals surface area contributed by atoms with Gasteiger partial charge in [-0.3, -0.25) is 14.9 Å². The zero-order valence-electron chi connectivity index (χ0n) is 10.0. The molecule has 0 fully saturated rings. The van der Waals surface area contributed by atoms with E-state index in [4.69, 9.17) is 9.84 Å². The van der Waals surface area contributed by atoms with Gasteiger partial charge in [0.15, 0.2) is 0 Å². The maximum absolute atomic E-state index is 10.6. The average Bonchev–Trinajstić information content (AvgIpc) is 2.36. The molecule has 0 saturated heterocycles. The van der Waals surface area contributed by atoms with E-state index in [0.717, 1.165) is 12.1 Å². The van der Waals surface area contributed by atoms with Crippen molar-refractivity contribution < 1.29 is 29.8 Å². The summed E-state index contributed by atoms with van der Waals surface area (Å²) in [4.78, 5) is 20.4. The maximum Gasteiger partial charge on any atom is 0.306 e. The zero-order valence-corrected chi connectivity index (χ0v) is 10.0. The van der Waals surface area contributed by atoms with E-state index >= 15 is 0 Å². The Hall–Kier alpha value is -2.19. The van der Waals surface area contributed by atoms with Gasteiger partial charge in [0.05, 0.1) is 30.6 Å². The van der Waals surface area contributed by atoms with Crippen LogP contribution in [0.3, 0.4) is 0 Å². The summed E-state index contributed by atoms with van der Waals surface area (Å²) in [6, 6.07) is 3.44. The molecule has 0 saturated carbocycles. The highest BCUT2D eigenvalue weighted by molar-refractivity contribution is 5.67. The number of nitrogens with zero attached hydrogens (tertiary/aromatic N) is 1. The van der Waals surface area contributed by atoms with Gasteiger partial charge in [0.2, 0.25) is 0 Å². The second kappa shape index (κ2) is 6.12. The molecular formula is C11H13NO7. The van der Waals surface area contributed by atoms with Gasteiger partial charge in [0.1, 0.15) is 11.9 Å². The van der Waals surface area contributed by atoms with E-state index in [-0.39, 0.29) is 17.0 Å². The summed E-state index contributed by atoms with van der Waals surface area (Å²) in [7, 11) is 1.25. The quantitative estimate of drug-likeness (QED) is 0.506. The summed E-state index contributed by atoms with van der Waals surface area (Å²) in [6.07, 6.45) is -3.69. The van der Waals surface area contributed by atoms with E-state index in [9.17, 15) is 25.1 Å². The molecule has 0 aliphatic heterocycles. The number of aliphatic hydroxyl groups excluding tert-OH is 2. The topological polar surface area (TPSA) is 130 Å². The summed E-state index contributed by atoms with van der Waals surface area (Å²) in [5.74, 6) is -1.27. The van der Waals surface area contributed by atoms with Gasteiger partial charge in [-0.2, -0.15) is 0 Å². The van der Waals surface area contributed by atoms with Gasteiger partial charge in [0.25, 0.3) is 5.69 Å². The lowest BCUT2D eigenvalue weighted by Gasteiger charge is -2.18. The van der Waals surface area contributed by atoms with Crippen molar-refractivity contribution in [2.24, 2.45) is 0 Å². The minimum Gasteiger partial charge on any atom is -0.496 e. The first-order chi connectivity index (χ1) is 8.86. The minimum absolute atomic E-state index is 0.00568. The monoisotopic (exact) mass is 271 g/mol. The lowest BCUT2D eigenvalue weighted by molar-refractivity contribution is -0.385. The predicted octanol–water partition coefficient (Wildman–Crippen LogP) is 0.472. The molecule has 0 spiro atoms. The van der Waals surface area contributed by atoms with Crippen LogP contribution in [0, 0.1) is 10.1 Å². The van der Waals surface area contributed by atoms with Crippen LogP contribution in [0.15, 0.2) is 18.2 Å². The number of hydrogen-bond acceptors (Lipinski definition) is 6. The van der Waals surface area contributed by atoms with Crippen LogP contribution in [0.25, 0.3) is 0 Å². The number of hydrogen-bond donors (Lipinski definition) is 3. The molecule has 1 rings (SSSR count). The Balaban J connectivity index is 3.05. The van der Waals surface area contributed by atoms with Gasteiger partial charge in [0, 0.05) is 11.6 Å². The molecule has 0 radical (unpaired) electrons. The number of carboxylic acids is 1. The molecule has 19 heavy (non-hydrogen) atoms. The number of methoxy groups -OCH3 is 1. The van der Waals surface area contributed by atoms with Crippen molar-refractivity contribution in [1.82, 2.24) is 0 Å². The Morgan fingerprint density at radius 3 is 2.58 bits per heavy atom. The van der Waals surface area contributed by atoms with E-state index < -0.39 is 29.5 Å². The summed E-state index contributed by atoms with van der Waals surface area (Å²) in [6.45, 7) is 0. The highest BCUT2D eigenvalue weighted by Crippen LogP contribution is 2.31. The molecule has 0 heterocycles. The van der Waals surface area contributed by atoms with E-state index in [1.54, 1.807) is 0 Å². The van der Waals surface area contributed by atoms with Crippen LogP contribution in [0.5, 0.6) is 5.75 Å². The van der Waals surface area contributed by atoms with Crippen molar-refractivity contribution in [2.75, 3.05) is 7.11 Å². The van der Waals surface area contributed by atoms with Gasteiger partial charge in [-0.15, -0.1) is 0 Å². The van der Waals surface area contributed by atoms with E-state index in [0.29, 0.717) is 0 Å². The molecule has 2 unspecified atom stereocenters. The van der Waals surface area contributed by atoms with Crippen LogP contribution < -0.4 is 4.74 Å². The number of nitro benzene ring substituents is 1. The number of aliphatic hydroxyl groups is 2. The number of carboxylic acid groups (broad SMARTS) is 1. The number of carbonyl (C=O) groups is 1. The van der Waals surface area contributed by atoms with Crippen LogP contribution in [0.2, 0.25) is 0 Å². The first kappa shape index (κ1) is 14.9. The summed E-state index contributed by atoms with van der Waals surface area (Å²) >= 11 is 0. The third-order valence-corrected chi connectivity index (χ3v) is 2.49. The molecule has 0 aromatic heterocycles. The van der Waals surface area contributed by atoms with E-state index in [1.807, 2.05) is 0 Å². The molecule has 2 atom stereocenters. The van der Waals surface area contributed by atoms with Crippen molar-refractivity contribution in [3.8, 4) is 5.75 Å². The molecule has 3 N–H and O–H groups in total. The Labute approximate surface area is 108 Å². The third kappa shape index (κ3) is 3.63. The number of aliphatic carboxylic acids is 1. The largest absolute Gasteiger partial charge is 0.496 e. The number of ether oxygens (including phenoxy) is 1. The maximum atomic E-state index is 10.6. The average molecular weight is 271 g/mol. The molecule has 104 valence electrons. The fourth-order valence-electron chi connectivity index (χ4n) is 1.56. The van der Waals surface area contributed by atoms with Crippen molar-refractivity contribution in [2.45, 2.75) is 18.6 Å². The zero-order chi connectivity index (χ0) is 14.6. The van der Waals surface area contributed by atoms with Crippen molar-refractivity contribution >= 4 is 11.7 Å². The van der Waals surface area contributed by atoms with Gasteiger partial charge in [-0.05, 0) is 6.07 Å². The molecule has 0 amide bonds. The first-order valence-corrected chi connectivity index (χ1v) is 5.27. The fourth-order valence-corrected chi connectivity index (χ4v) is 1.56.